The summed E-state index contributed by atoms with van der Waals surface area (Å²) < 4.78 is 45.8. The normalized spacial score (nSPS) is 11.1. The molecule has 0 saturated heterocycles. The molecule has 0 atom stereocenters. The third kappa shape index (κ3) is 5.61. The van der Waals surface area contributed by atoms with Gasteiger partial charge < -0.3 is 9.64 Å². The molecule has 8 heteroatoms. The number of amides is 1. The van der Waals surface area contributed by atoms with Crippen molar-refractivity contribution in [2.24, 2.45) is 0 Å². The monoisotopic (exact) mass is 442 g/mol. The first-order valence-corrected chi connectivity index (χ1v) is 11.0. The zero-order chi connectivity index (χ0) is 22.6. The van der Waals surface area contributed by atoms with Crippen molar-refractivity contribution in [3.63, 3.8) is 0 Å². The molecule has 0 spiro atoms. The highest BCUT2D eigenvalue weighted by Crippen LogP contribution is 2.21. The van der Waals surface area contributed by atoms with Crippen LogP contribution in [0, 0.1) is 19.7 Å². The fourth-order valence-corrected chi connectivity index (χ4v) is 3.83. The van der Waals surface area contributed by atoms with Crippen LogP contribution in [0.25, 0.3) is 0 Å². The van der Waals surface area contributed by atoms with Crippen molar-refractivity contribution in [3.8, 4) is 5.75 Å². The molecule has 3 aromatic carbocycles. The maximum Gasteiger partial charge on any atom is 0.264 e. The third-order valence-corrected chi connectivity index (χ3v) is 6.24. The van der Waals surface area contributed by atoms with Gasteiger partial charge in [-0.1, -0.05) is 6.07 Å². The number of carbonyl (C=O) groups excluding carboxylic acids is 1. The highest BCUT2D eigenvalue weighted by atomic mass is 32.2. The number of rotatable bonds is 7. The first-order chi connectivity index (χ1) is 14.7. The summed E-state index contributed by atoms with van der Waals surface area (Å²) in [6.07, 6.45) is 0. The average molecular weight is 443 g/mol. The van der Waals surface area contributed by atoms with E-state index in [-0.39, 0.29) is 23.1 Å². The van der Waals surface area contributed by atoms with E-state index in [9.17, 15) is 17.6 Å². The van der Waals surface area contributed by atoms with Gasteiger partial charge in [0.25, 0.3) is 15.9 Å². The van der Waals surface area contributed by atoms with Crippen molar-refractivity contribution in [1.82, 2.24) is 0 Å². The SMILES string of the molecule is Cc1ccc(N(C)C(=O)COc2ccc(S(=O)(=O)Nc3ccc(F)cc3)cc2)cc1C. The predicted octanol–water partition coefficient (Wildman–Crippen LogP) is 4.29. The Labute approximate surface area is 181 Å². The first-order valence-electron chi connectivity index (χ1n) is 9.51. The number of nitrogens with one attached hydrogen (secondary N) is 1. The second-order valence-corrected chi connectivity index (χ2v) is 8.78. The van der Waals surface area contributed by atoms with E-state index >= 15 is 0 Å². The minimum Gasteiger partial charge on any atom is -0.484 e. The maximum atomic E-state index is 13.0. The van der Waals surface area contributed by atoms with Crippen LogP contribution in [0.2, 0.25) is 0 Å². The summed E-state index contributed by atoms with van der Waals surface area (Å²) in [4.78, 5) is 14.0. The van der Waals surface area contributed by atoms with Gasteiger partial charge in [0.05, 0.1) is 4.90 Å². The van der Waals surface area contributed by atoms with E-state index in [4.69, 9.17) is 4.74 Å². The van der Waals surface area contributed by atoms with E-state index in [1.807, 2.05) is 32.0 Å². The van der Waals surface area contributed by atoms with Gasteiger partial charge in [0.15, 0.2) is 6.61 Å². The molecular weight excluding hydrogens is 419 g/mol. The summed E-state index contributed by atoms with van der Waals surface area (Å²) >= 11 is 0. The Morgan fingerprint density at radius 1 is 0.968 bits per heavy atom. The molecule has 162 valence electrons. The molecular formula is C23H23FN2O4S. The fourth-order valence-electron chi connectivity index (χ4n) is 2.77. The van der Waals surface area contributed by atoms with E-state index in [1.165, 1.54) is 53.4 Å². The van der Waals surface area contributed by atoms with E-state index < -0.39 is 15.8 Å². The van der Waals surface area contributed by atoms with Gasteiger partial charge in [-0.25, -0.2) is 12.8 Å². The molecule has 1 amide bonds. The van der Waals surface area contributed by atoms with Crippen LogP contribution in [0.5, 0.6) is 5.75 Å². The van der Waals surface area contributed by atoms with Crippen LogP contribution in [0.4, 0.5) is 15.8 Å². The second kappa shape index (κ2) is 9.18. The summed E-state index contributed by atoms with van der Waals surface area (Å²) in [5.41, 5.74) is 3.25. The largest absolute Gasteiger partial charge is 0.484 e. The van der Waals surface area contributed by atoms with E-state index in [0.717, 1.165) is 16.8 Å². The standard InChI is InChI=1S/C23H23FN2O4S/c1-16-4-9-20(14-17(16)2)26(3)23(27)15-30-21-10-12-22(13-11-21)31(28,29)25-19-7-5-18(24)6-8-19/h4-14,25H,15H2,1-3H3. The molecule has 0 bridgehead atoms. The fraction of sp³-hybridized carbons (Fsp3) is 0.174. The lowest BCUT2D eigenvalue weighted by Crippen LogP contribution is -2.31. The molecule has 0 aliphatic rings. The van der Waals surface area contributed by atoms with Gasteiger partial charge in [0, 0.05) is 18.4 Å². The molecule has 3 aromatic rings. The molecule has 1 N–H and O–H groups in total. The van der Waals surface area contributed by atoms with Gasteiger partial charge in [-0.05, 0) is 85.6 Å². The minimum atomic E-state index is -3.83. The Kier molecular flexibility index (Phi) is 6.60. The highest BCUT2D eigenvalue weighted by molar-refractivity contribution is 7.92. The maximum absolute atomic E-state index is 13.0. The number of hydrogen-bond acceptors (Lipinski definition) is 4. The number of hydrogen-bond donors (Lipinski definition) is 1. The van der Waals surface area contributed by atoms with Crippen LogP contribution in [0.1, 0.15) is 11.1 Å². The molecule has 3 rings (SSSR count). The number of likely N-dealkylation sites (N-methyl/N-ethyl adjacent to an activating group) is 1. The number of carbonyl (C=O) groups is 1. The Morgan fingerprint density at radius 2 is 1.61 bits per heavy atom. The minimum absolute atomic E-state index is 0.0164. The van der Waals surface area contributed by atoms with Crippen LogP contribution < -0.4 is 14.4 Å². The topological polar surface area (TPSA) is 75.7 Å². The van der Waals surface area contributed by atoms with E-state index in [0.29, 0.717) is 5.75 Å². The Balaban J connectivity index is 1.61. The molecule has 0 aliphatic carbocycles. The zero-order valence-electron chi connectivity index (χ0n) is 17.4. The molecule has 6 nitrogen and oxygen atoms in total. The summed E-state index contributed by atoms with van der Waals surface area (Å²) in [5.74, 6) is -0.331. The van der Waals surface area contributed by atoms with Crippen LogP contribution in [-0.2, 0) is 14.8 Å². The molecule has 0 fully saturated rings. The number of nitrogens with zero attached hydrogens (tertiary/aromatic N) is 1. The van der Waals surface area contributed by atoms with Crippen molar-refractivity contribution in [2.45, 2.75) is 18.7 Å². The lowest BCUT2D eigenvalue weighted by molar-refractivity contribution is -0.120. The van der Waals surface area contributed by atoms with E-state index in [2.05, 4.69) is 4.72 Å². The molecule has 0 heterocycles. The number of sulfonamides is 1. The van der Waals surface area contributed by atoms with E-state index in [1.54, 1.807) is 7.05 Å². The van der Waals surface area contributed by atoms with Crippen molar-refractivity contribution < 1.29 is 22.3 Å². The zero-order valence-corrected chi connectivity index (χ0v) is 18.2. The summed E-state index contributed by atoms with van der Waals surface area (Å²) in [7, 11) is -2.16. The summed E-state index contributed by atoms with van der Waals surface area (Å²) in [6.45, 7) is 3.79. The summed E-state index contributed by atoms with van der Waals surface area (Å²) in [6, 6.07) is 16.5. The summed E-state index contributed by atoms with van der Waals surface area (Å²) in [5, 5.41) is 0. The van der Waals surface area contributed by atoms with Gasteiger partial charge in [-0.2, -0.15) is 0 Å². The first kappa shape index (κ1) is 22.3. The smallest absolute Gasteiger partial charge is 0.264 e. The van der Waals surface area contributed by atoms with Gasteiger partial charge >= 0.3 is 0 Å². The number of aryl methyl sites for hydroxylation is 2. The van der Waals surface area contributed by atoms with Gasteiger partial charge in [0.2, 0.25) is 0 Å². The van der Waals surface area contributed by atoms with Crippen molar-refractivity contribution in [3.05, 3.63) is 83.7 Å². The lowest BCUT2D eigenvalue weighted by atomic mass is 10.1. The quantitative estimate of drug-likeness (QED) is 0.592. The molecule has 31 heavy (non-hydrogen) atoms. The number of benzene rings is 3. The average Bonchev–Trinajstić information content (AvgIpc) is 2.75. The highest BCUT2D eigenvalue weighted by Gasteiger charge is 2.16. The molecule has 0 aromatic heterocycles. The Bertz CT molecular complexity index is 1180. The van der Waals surface area contributed by atoms with Gasteiger partial charge in [-0.15, -0.1) is 0 Å². The molecule has 0 aliphatic heterocycles. The molecule has 0 radical (unpaired) electrons. The third-order valence-electron chi connectivity index (χ3n) is 4.84. The van der Waals surface area contributed by atoms with Crippen molar-refractivity contribution in [2.75, 3.05) is 23.3 Å². The lowest BCUT2D eigenvalue weighted by Gasteiger charge is -2.19. The Hall–Kier alpha value is -3.39. The second-order valence-electron chi connectivity index (χ2n) is 7.09. The van der Waals surface area contributed by atoms with Crippen molar-refractivity contribution in [1.29, 1.82) is 0 Å². The Morgan fingerprint density at radius 3 is 2.23 bits per heavy atom. The number of halogens is 1. The van der Waals surface area contributed by atoms with Crippen LogP contribution in [0.3, 0.4) is 0 Å². The number of ether oxygens (including phenoxy) is 1. The van der Waals surface area contributed by atoms with Crippen LogP contribution in [-0.4, -0.2) is 28.0 Å². The van der Waals surface area contributed by atoms with Crippen LogP contribution in [0.15, 0.2) is 71.6 Å². The predicted molar refractivity (Wildman–Crippen MR) is 118 cm³/mol. The van der Waals surface area contributed by atoms with Crippen LogP contribution >= 0.6 is 0 Å². The number of anilines is 2. The molecule has 0 unspecified atom stereocenters. The van der Waals surface area contributed by atoms with Crippen molar-refractivity contribution >= 4 is 27.3 Å². The van der Waals surface area contributed by atoms with Gasteiger partial charge in [0.1, 0.15) is 11.6 Å². The van der Waals surface area contributed by atoms with Gasteiger partial charge in [-0.3, -0.25) is 9.52 Å². The molecule has 0 saturated carbocycles.